The van der Waals surface area contributed by atoms with Crippen LogP contribution in [0.2, 0.25) is 0 Å². The number of benzene rings is 1. The van der Waals surface area contributed by atoms with Gasteiger partial charge in [0.25, 0.3) is 0 Å². The molecule has 1 aromatic carbocycles. The lowest BCUT2D eigenvalue weighted by Crippen LogP contribution is -2.31. The van der Waals surface area contributed by atoms with Crippen molar-refractivity contribution in [1.29, 1.82) is 5.41 Å². The Bertz CT molecular complexity index is 887. The maximum Gasteiger partial charge on any atom is 0.228 e. The smallest absolute Gasteiger partial charge is 0.228 e. The van der Waals surface area contributed by atoms with Gasteiger partial charge in [-0.05, 0) is 54.6 Å². The van der Waals surface area contributed by atoms with Gasteiger partial charge in [0, 0.05) is 18.2 Å². The molecule has 3 heterocycles. The molecule has 0 amide bonds. The fourth-order valence-corrected chi connectivity index (χ4v) is 3.75. The van der Waals surface area contributed by atoms with Crippen molar-refractivity contribution in [3.05, 3.63) is 63.4 Å². The summed E-state index contributed by atoms with van der Waals surface area (Å²) in [4.78, 5) is 5.24. The number of aromatic nitrogens is 2. The number of hydrogen-bond acceptors (Lipinski definition) is 6. The first-order valence-corrected chi connectivity index (χ1v) is 9.12. The molecule has 0 bridgehead atoms. The Labute approximate surface area is 149 Å². The molecule has 0 radical (unpaired) electrons. The van der Waals surface area contributed by atoms with Crippen LogP contribution in [0.4, 0.5) is 5.69 Å². The van der Waals surface area contributed by atoms with Gasteiger partial charge in [0.15, 0.2) is 5.82 Å². The molecule has 25 heavy (non-hydrogen) atoms. The largest absolute Gasteiger partial charge is 0.340 e. The van der Waals surface area contributed by atoms with Crippen molar-refractivity contribution in [1.82, 2.24) is 15.5 Å². The van der Waals surface area contributed by atoms with Crippen LogP contribution in [0.1, 0.15) is 33.8 Å². The Balaban J connectivity index is 1.56. The molecule has 3 aromatic rings. The maximum atomic E-state index is 8.21. The number of rotatable bonds is 4. The fraction of sp³-hybridized carbons (Fsp3) is 0.278. The second-order valence-corrected chi connectivity index (χ2v) is 7.03. The van der Waals surface area contributed by atoms with Gasteiger partial charge in [-0.1, -0.05) is 17.3 Å². The Morgan fingerprint density at radius 3 is 3.12 bits per heavy atom. The van der Waals surface area contributed by atoms with Crippen molar-refractivity contribution >= 4 is 22.9 Å². The summed E-state index contributed by atoms with van der Waals surface area (Å²) in [5.41, 5.74) is 3.48. The lowest BCUT2D eigenvalue weighted by molar-refractivity contribution is 0.352. The molecule has 0 aliphatic carbocycles. The molecule has 3 N–H and O–H groups in total. The van der Waals surface area contributed by atoms with Crippen molar-refractivity contribution < 1.29 is 4.52 Å². The molecule has 128 valence electrons. The molecule has 7 heteroatoms. The van der Waals surface area contributed by atoms with Crippen molar-refractivity contribution in [2.75, 3.05) is 11.9 Å². The number of amidine groups is 1. The van der Waals surface area contributed by atoms with E-state index in [1.165, 1.54) is 11.1 Å². The minimum absolute atomic E-state index is 0.140. The number of hydrogen-bond donors (Lipinski definition) is 3. The average Bonchev–Trinajstić information content (AvgIpc) is 3.27. The predicted molar refractivity (Wildman–Crippen MR) is 98.4 cm³/mol. The SMILES string of the molecule is Cc1noc(CC2NCCc3ccc(NC(=N)c4cccs4)cc32)n1. The van der Waals surface area contributed by atoms with Crippen LogP contribution in [-0.2, 0) is 12.8 Å². The van der Waals surface area contributed by atoms with E-state index in [0.717, 1.165) is 23.5 Å². The third-order valence-corrected chi connectivity index (χ3v) is 5.18. The first kappa shape index (κ1) is 16.0. The number of fused-ring (bicyclic) bond motifs is 1. The summed E-state index contributed by atoms with van der Waals surface area (Å²) in [6.45, 7) is 2.76. The lowest BCUT2D eigenvalue weighted by Gasteiger charge is -2.26. The zero-order chi connectivity index (χ0) is 17.2. The van der Waals surface area contributed by atoms with Crippen LogP contribution in [0, 0.1) is 12.3 Å². The van der Waals surface area contributed by atoms with Crippen molar-refractivity contribution in [3.8, 4) is 0 Å². The van der Waals surface area contributed by atoms with Gasteiger partial charge in [-0.25, -0.2) is 0 Å². The molecule has 1 aliphatic rings. The Hall–Kier alpha value is -2.51. The van der Waals surface area contributed by atoms with E-state index in [1.807, 2.05) is 30.5 Å². The number of nitrogens with zero attached hydrogens (tertiary/aromatic N) is 2. The number of nitrogens with one attached hydrogen (secondary N) is 3. The molecule has 0 spiro atoms. The van der Waals surface area contributed by atoms with Gasteiger partial charge in [0.05, 0.1) is 4.88 Å². The minimum atomic E-state index is 0.140. The Morgan fingerprint density at radius 1 is 1.44 bits per heavy atom. The second-order valence-electron chi connectivity index (χ2n) is 6.09. The van der Waals surface area contributed by atoms with Gasteiger partial charge in [-0.2, -0.15) is 4.98 Å². The first-order chi connectivity index (χ1) is 12.2. The molecule has 1 aliphatic heterocycles. The molecule has 4 rings (SSSR count). The van der Waals surface area contributed by atoms with Crippen LogP contribution in [0.5, 0.6) is 0 Å². The van der Waals surface area contributed by atoms with E-state index in [9.17, 15) is 0 Å². The Morgan fingerprint density at radius 2 is 2.36 bits per heavy atom. The molecule has 2 aromatic heterocycles. The van der Waals surface area contributed by atoms with Crippen LogP contribution in [0.15, 0.2) is 40.2 Å². The maximum absolute atomic E-state index is 8.21. The fourth-order valence-electron chi connectivity index (χ4n) is 3.12. The van der Waals surface area contributed by atoms with E-state index in [2.05, 4.69) is 32.9 Å². The van der Waals surface area contributed by atoms with E-state index in [-0.39, 0.29) is 6.04 Å². The van der Waals surface area contributed by atoms with Gasteiger partial charge in [-0.3, -0.25) is 5.41 Å². The monoisotopic (exact) mass is 353 g/mol. The van der Waals surface area contributed by atoms with Crippen molar-refractivity contribution in [3.63, 3.8) is 0 Å². The first-order valence-electron chi connectivity index (χ1n) is 8.24. The third-order valence-electron chi connectivity index (χ3n) is 4.29. The quantitative estimate of drug-likeness (QED) is 0.495. The summed E-state index contributed by atoms with van der Waals surface area (Å²) in [5.74, 6) is 1.72. The number of anilines is 1. The van der Waals surface area contributed by atoms with Crippen LogP contribution in [0.25, 0.3) is 0 Å². The number of aryl methyl sites for hydroxylation is 1. The topological polar surface area (TPSA) is 86.8 Å². The lowest BCUT2D eigenvalue weighted by atomic mass is 9.92. The highest BCUT2D eigenvalue weighted by molar-refractivity contribution is 7.12. The zero-order valence-electron chi connectivity index (χ0n) is 13.9. The van der Waals surface area contributed by atoms with E-state index < -0.39 is 0 Å². The molecular weight excluding hydrogens is 334 g/mol. The molecule has 6 nitrogen and oxygen atoms in total. The van der Waals surface area contributed by atoms with Gasteiger partial charge in [0.2, 0.25) is 5.89 Å². The van der Waals surface area contributed by atoms with E-state index in [1.54, 1.807) is 11.3 Å². The molecule has 0 fully saturated rings. The van der Waals surface area contributed by atoms with Gasteiger partial charge >= 0.3 is 0 Å². The molecule has 1 atom stereocenters. The van der Waals surface area contributed by atoms with Gasteiger partial charge in [-0.15, -0.1) is 11.3 Å². The standard InChI is InChI=1S/C18H19N5OS/c1-11-21-17(24-23-11)10-15-14-9-13(5-4-12(14)6-7-20-15)22-18(19)16-3-2-8-25-16/h2-5,8-9,15,20H,6-7,10H2,1H3,(H2,19,22). The zero-order valence-corrected chi connectivity index (χ0v) is 14.7. The molecular formula is C18H19N5OS. The highest BCUT2D eigenvalue weighted by Gasteiger charge is 2.22. The second kappa shape index (κ2) is 6.78. The van der Waals surface area contributed by atoms with Gasteiger partial charge in [0.1, 0.15) is 5.84 Å². The molecule has 1 unspecified atom stereocenters. The van der Waals surface area contributed by atoms with E-state index in [4.69, 9.17) is 9.93 Å². The molecule has 0 saturated carbocycles. The highest BCUT2D eigenvalue weighted by atomic mass is 32.1. The summed E-state index contributed by atoms with van der Waals surface area (Å²) >= 11 is 1.56. The third kappa shape index (κ3) is 3.47. The predicted octanol–water partition coefficient (Wildman–Crippen LogP) is 3.31. The minimum Gasteiger partial charge on any atom is -0.340 e. The summed E-state index contributed by atoms with van der Waals surface area (Å²) in [5, 5.41) is 20.8. The van der Waals surface area contributed by atoms with Crippen LogP contribution < -0.4 is 10.6 Å². The van der Waals surface area contributed by atoms with E-state index in [0.29, 0.717) is 24.0 Å². The van der Waals surface area contributed by atoms with Gasteiger partial charge < -0.3 is 15.2 Å². The summed E-state index contributed by atoms with van der Waals surface area (Å²) in [6.07, 6.45) is 1.66. The average molecular weight is 353 g/mol. The van der Waals surface area contributed by atoms with Crippen molar-refractivity contribution in [2.24, 2.45) is 0 Å². The number of thiophene rings is 1. The Kier molecular flexibility index (Phi) is 4.33. The van der Waals surface area contributed by atoms with Crippen LogP contribution in [-0.4, -0.2) is 22.5 Å². The van der Waals surface area contributed by atoms with Crippen LogP contribution >= 0.6 is 11.3 Å². The summed E-state index contributed by atoms with van der Waals surface area (Å²) in [7, 11) is 0. The highest BCUT2D eigenvalue weighted by Crippen LogP contribution is 2.28. The summed E-state index contributed by atoms with van der Waals surface area (Å²) in [6, 6.07) is 10.3. The molecule has 0 saturated heterocycles. The normalized spacial score (nSPS) is 16.4. The van der Waals surface area contributed by atoms with Crippen molar-refractivity contribution in [2.45, 2.75) is 25.8 Å². The van der Waals surface area contributed by atoms with Crippen LogP contribution in [0.3, 0.4) is 0 Å². The van der Waals surface area contributed by atoms with E-state index >= 15 is 0 Å². The summed E-state index contributed by atoms with van der Waals surface area (Å²) < 4.78 is 5.28.